The van der Waals surface area contributed by atoms with E-state index in [4.69, 9.17) is 0 Å². The van der Waals surface area contributed by atoms with Gasteiger partial charge < -0.3 is 10.6 Å². The normalized spacial score (nSPS) is 16.8. The summed E-state index contributed by atoms with van der Waals surface area (Å²) in [6, 6.07) is 1.95. The second-order valence-electron chi connectivity index (χ2n) is 4.02. The Morgan fingerprint density at radius 2 is 2.19 bits per heavy atom. The predicted octanol–water partition coefficient (Wildman–Crippen LogP) is 0.988. The maximum Gasteiger partial charge on any atom is 0.115 e. The smallest absolute Gasteiger partial charge is 0.115 e. The molecule has 1 fully saturated rings. The van der Waals surface area contributed by atoms with Crippen molar-refractivity contribution in [1.29, 1.82) is 0 Å². The fraction of sp³-hybridized carbons (Fsp3) is 0.636. The van der Waals surface area contributed by atoms with E-state index in [9.17, 15) is 0 Å². The van der Waals surface area contributed by atoms with Crippen molar-refractivity contribution in [3.63, 3.8) is 0 Å². The molecule has 5 heteroatoms. The summed E-state index contributed by atoms with van der Waals surface area (Å²) in [5, 5.41) is 6.83. The SMILES string of the molecule is Cl.c1cc(CNCC2CCNCC2)ncn1. The fourth-order valence-corrected chi connectivity index (χ4v) is 1.91. The molecule has 0 bridgehead atoms. The van der Waals surface area contributed by atoms with Crippen LogP contribution in [0.15, 0.2) is 18.6 Å². The largest absolute Gasteiger partial charge is 0.317 e. The lowest BCUT2D eigenvalue weighted by Gasteiger charge is -2.22. The van der Waals surface area contributed by atoms with Crippen molar-refractivity contribution in [3.8, 4) is 0 Å². The Kier molecular flexibility index (Phi) is 6.30. The van der Waals surface area contributed by atoms with E-state index in [1.807, 2.05) is 6.07 Å². The van der Waals surface area contributed by atoms with Crippen molar-refractivity contribution in [2.75, 3.05) is 19.6 Å². The summed E-state index contributed by atoms with van der Waals surface area (Å²) in [5.41, 5.74) is 1.07. The molecule has 1 aromatic heterocycles. The Bertz CT molecular complexity index is 275. The van der Waals surface area contributed by atoms with E-state index < -0.39 is 0 Å². The van der Waals surface area contributed by atoms with Crippen molar-refractivity contribution in [1.82, 2.24) is 20.6 Å². The zero-order chi connectivity index (χ0) is 10.3. The first-order valence-electron chi connectivity index (χ1n) is 5.61. The molecule has 16 heavy (non-hydrogen) atoms. The molecule has 4 nitrogen and oxygen atoms in total. The monoisotopic (exact) mass is 242 g/mol. The Morgan fingerprint density at radius 3 is 2.88 bits per heavy atom. The summed E-state index contributed by atoms with van der Waals surface area (Å²) in [5.74, 6) is 0.827. The van der Waals surface area contributed by atoms with Crippen molar-refractivity contribution < 1.29 is 0 Å². The van der Waals surface area contributed by atoms with Crippen LogP contribution in [-0.2, 0) is 6.54 Å². The molecular weight excluding hydrogens is 224 g/mol. The molecule has 2 N–H and O–H groups in total. The first kappa shape index (κ1) is 13.4. The minimum atomic E-state index is 0. The van der Waals surface area contributed by atoms with E-state index in [2.05, 4.69) is 20.6 Å². The number of rotatable bonds is 4. The Morgan fingerprint density at radius 1 is 1.38 bits per heavy atom. The lowest BCUT2D eigenvalue weighted by atomic mass is 9.98. The number of hydrogen-bond acceptors (Lipinski definition) is 4. The van der Waals surface area contributed by atoms with Gasteiger partial charge in [-0.2, -0.15) is 0 Å². The van der Waals surface area contributed by atoms with Gasteiger partial charge in [-0.3, -0.25) is 0 Å². The van der Waals surface area contributed by atoms with Crippen LogP contribution in [-0.4, -0.2) is 29.6 Å². The molecule has 0 amide bonds. The van der Waals surface area contributed by atoms with E-state index in [0.717, 1.165) is 24.7 Å². The van der Waals surface area contributed by atoms with Gasteiger partial charge in [0.25, 0.3) is 0 Å². The molecule has 0 atom stereocenters. The number of aromatic nitrogens is 2. The van der Waals surface area contributed by atoms with Crippen molar-refractivity contribution in [3.05, 3.63) is 24.3 Å². The van der Waals surface area contributed by atoms with Crippen LogP contribution in [0.1, 0.15) is 18.5 Å². The third-order valence-electron chi connectivity index (χ3n) is 2.84. The van der Waals surface area contributed by atoms with Gasteiger partial charge >= 0.3 is 0 Å². The summed E-state index contributed by atoms with van der Waals surface area (Å²) in [7, 11) is 0. The van der Waals surface area contributed by atoms with Gasteiger partial charge in [0, 0.05) is 12.7 Å². The van der Waals surface area contributed by atoms with Gasteiger partial charge in [0.2, 0.25) is 0 Å². The van der Waals surface area contributed by atoms with Crippen LogP contribution in [0.3, 0.4) is 0 Å². The highest BCUT2D eigenvalue weighted by atomic mass is 35.5. The first-order chi connectivity index (χ1) is 7.45. The highest BCUT2D eigenvalue weighted by molar-refractivity contribution is 5.85. The van der Waals surface area contributed by atoms with E-state index in [1.54, 1.807) is 12.5 Å². The van der Waals surface area contributed by atoms with Crippen molar-refractivity contribution in [2.45, 2.75) is 19.4 Å². The molecule has 0 spiro atoms. The second-order valence-corrected chi connectivity index (χ2v) is 4.02. The highest BCUT2D eigenvalue weighted by Gasteiger charge is 2.11. The van der Waals surface area contributed by atoms with Gasteiger partial charge in [0.1, 0.15) is 6.33 Å². The molecule has 1 saturated heterocycles. The second kappa shape index (κ2) is 7.54. The molecule has 1 aromatic rings. The van der Waals surface area contributed by atoms with Crippen LogP contribution in [0.2, 0.25) is 0 Å². The summed E-state index contributed by atoms with van der Waals surface area (Å²) in [4.78, 5) is 8.07. The van der Waals surface area contributed by atoms with Crippen LogP contribution in [0.5, 0.6) is 0 Å². The zero-order valence-electron chi connectivity index (χ0n) is 9.35. The third-order valence-corrected chi connectivity index (χ3v) is 2.84. The predicted molar refractivity (Wildman–Crippen MR) is 66.6 cm³/mol. The van der Waals surface area contributed by atoms with Crippen LogP contribution in [0.4, 0.5) is 0 Å². The molecule has 0 aromatic carbocycles. The molecule has 90 valence electrons. The summed E-state index contributed by atoms with van der Waals surface area (Å²) >= 11 is 0. The van der Waals surface area contributed by atoms with E-state index >= 15 is 0 Å². The molecule has 0 radical (unpaired) electrons. The minimum absolute atomic E-state index is 0. The van der Waals surface area contributed by atoms with E-state index in [-0.39, 0.29) is 12.4 Å². The summed E-state index contributed by atoms with van der Waals surface area (Å²) < 4.78 is 0. The first-order valence-corrected chi connectivity index (χ1v) is 5.61. The van der Waals surface area contributed by atoms with Gasteiger partial charge in [-0.25, -0.2) is 9.97 Å². The molecule has 0 aliphatic carbocycles. The zero-order valence-corrected chi connectivity index (χ0v) is 10.2. The molecule has 1 aliphatic heterocycles. The number of nitrogens with one attached hydrogen (secondary N) is 2. The summed E-state index contributed by atoms with van der Waals surface area (Å²) in [6.45, 7) is 4.29. The Labute approximate surface area is 103 Å². The average molecular weight is 243 g/mol. The number of halogens is 1. The highest BCUT2D eigenvalue weighted by Crippen LogP contribution is 2.09. The topological polar surface area (TPSA) is 49.8 Å². The standard InChI is InChI=1S/C11H18N4.ClH/c1-4-12-5-2-10(1)7-14-8-11-3-6-13-9-15-11;/h3,6,9-10,12,14H,1-2,4-5,7-8H2;1H. The van der Waals surface area contributed by atoms with Gasteiger partial charge in [-0.15, -0.1) is 12.4 Å². The van der Waals surface area contributed by atoms with Crippen LogP contribution in [0.25, 0.3) is 0 Å². The number of piperidine rings is 1. The molecule has 2 heterocycles. The summed E-state index contributed by atoms with van der Waals surface area (Å²) in [6.07, 6.45) is 5.96. The number of nitrogens with zero attached hydrogens (tertiary/aromatic N) is 2. The van der Waals surface area contributed by atoms with Crippen molar-refractivity contribution in [2.24, 2.45) is 5.92 Å². The number of hydrogen-bond donors (Lipinski definition) is 2. The van der Waals surface area contributed by atoms with Crippen LogP contribution < -0.4 is 10.6 Å². The van der Waals surface area contributed by atoms with Crippen molar-refractivity contribution >= 4 is 12.4 Å². The Hall–Kier alpha value is -0.710. The maximum atomic E-state index is 4.18. The molecule has 0 unspecified atom stereocenters. The van der Waals surface area contributed by atoms with E-state index in [1.165, 1.54) is 25.9 Å². The lowest BCUT2D eigenvalue weighted by Crippen LogP contribution is -2.33. The van der Waals surface area contributed by atoms with E-state index in [0.29, 0.717) is 0 Å². The van der Waals surface area contributed by atoms with Gasteiger partial charge in [-0.1, -0.05) is 0 Å². The minimum Gasteiger partial charge on any atom is -0.317 e. The lowest BCUT2D eigenvalue weighted by molar-refractivity contribution is 0.356. The van der Waals surface area contributed by atoms with Gasteiger partial charge in [-0.05, 0) is 44.5 Å². The van der Waals surface area contributed by atoms with Crippen LogP contribution in [0, 0.1) is 5.92 Å². The van der Waals surface area contributed by atoms with Crippen LogP contribution >= 0.6 is 12.4 Å². The molecular formula is C11H19ClN4. The van der Waals surface area contributed by atoms with Gasteiger partial charge in [0.15, 0.2) is 0 Å². The quantitative estimate of drug-likeness (QED) is 0.827. The Balaban J connectivity index is 0.00000128. The maximum absolute atomic E-state index is 4.18. The molecule has 1 aliphatic rings. The van der Waals surface area contributed by atoms with Gasteiger partial charge in [0.05, 0.1) is 5.69 Å². The molecule has 0 saturated carbocycles. The molecule has 2 rings (SSSR count). The fourth-order valence-electron chi connectivity index (χ4n) is 1.91. The average Bonchev–Trinajstić information content (AvgIpc) is 2.32. The third kappa shape index (κ3) is 4.43.